The van der Waals surface area contributed by atoms with E-state index >= 15 is 0 Å². The summed E-state index contributed by atoms with van der Waals surface area (Å²) in [5.41, 5.74) is 7.63. The summed E-state index contributed by atoms with van der Waals surface area (Å²) < 4.78 is 16.7. The van der Waals surface area contributed by atoms with Gasteiger partial charge in [0, 0.05) is 7.11 Å². The zero-order chi connectivity index (χ0) is 16.2. The summed E-state index contributed by atoms with van der Waals surface area (Å²) in [5.74, 6) is 0. The lowest BCUT2D eigenvalue weighted by Crippen LogP contribution is -2.11. The predicted octanol–water partition coefficient (Wildman–Crippen LogP) is 4.05. The molecule has 23 heavy (non-hydrogen) atoms. The van der Waals surface area contributed by atoms with Crippen LogP contribution in [-0.4, -0.2) is 33.5 Å². The fourth-order valence-corrected chi connectivity index (χ4v) is 3.11. The monoisotopic (exact) mass is 312 g/mol. The largest absolute Gasteiger partial charge is 0.382 e. The Labute approximate surface area is 138 Å². The summed E-state index contributed by atoms with van der Waals surface area (Å²) in [4.78, 5) is 0. The van der Waals surface area contributed by atoms with Crippen molar-refractivity contribution in [2.45, 2.75) is 20.0 Å². The standard InChI is InChI=1S/C20H24O3/c1-14-4-6-16-17-7-5-15(2)13-19(17)20(18(16)12-14)23-11-10-22-9-8-21-3/h4-7,12-13,20H,8-11H2,1-3H3. The van der Waals surface area contributed by atoms with Crippen molar-refractivity contribution in [2.75, 3.05) is 33.5 Å². The summed E-state index contributed by atoms with van der Waals surface area (Å²) >= 11 is 0. The molecule has 0 unspecified atom stereocenters. The van der Waals surface area contributed by atoms with Gasteiger partial charge in [0.05, 0.1) is 26.4 Å². The smallest absolute Gasteiger partial charge is 0.109 e. The molecule has 2 aromatic carbocycles. The Bertz CT molecular complexity index is 627. The number of hydrogen-bond donors (Lipinski definition) is 0. The minimum Gasteiger partial charge on any atom is -0.382 e. The summed E-state index contributed by atoms with van der Waals surface area (Å²) in [5, 5.41) is 0. The van der Waals surface area contributed by atoms with Crippen molar-refractivity contribution in [1.29, 1.82) is 0 Å². The number of hydrogen-bond acceptors (Lipinski definition) is 3. The van der Waals surface area contributed by atoms with E-state index in [1.807, 2.05) is 0 Å². The second-order valence-electron chi connectivity index (χ2n) is 6.04. The molecule has 3 rings (SSSR count). The maximum absolute atomic E-state index is 6.18. The molecule has 2 aromatic rings. The van der Waals surface area contributed by atoms with Gasteiger partial charge in [0.15, 0.2) is 0 Å². The van der Waals surface area contributed by atoms with Crippen LogP contribution in [0.1, 0.15) is 28.4 Å². The Balaban J connectivity index is 1.77. The van der Waals surface area contributed by atoms with Crippen LogP contribution in [0.25, 0.3) is 11.1 Å². The van der Waals surface area contributed by atoms with Crippen molar-refractivity contribution in [3.05, 3.63) is 58.7 Å². The molecule has 0 atom stereocenters. The number of rotatable bonds is 7. The Morgan fingerprint density at radius 3 is 1.91 bits per heavy atom. The van der Waals surface area contributed by atoms with Gasteiger partial charge < -0.3 is 14.2 Å². The normalized spacial score (nSPS) is 13.2. The first-order valence-electron chi connectivity index (χ1n) is 8.10. The molecule has 1 aliphatic rings. The van der Waals surface area contributed by atoms with Gasteiger partial charge >= 0.3 is 0 Å². The predicted molar refractivity (Wildman–Crippen MR) is 91.8 cm³/mol. The quantitative estimate of drug-likeness (QED) is 0.722. The van der Waals surface area contributed by atoms with E-state index in [4.69, 9.17) is 14.2 Å². The van der Waals surface area contributed by atoms with Crippen LogP contribution in [-0.2, 0) is 14.2 Å². The number of fused-ring (bicyclic) bond motifs is 3. The van der Waals surface area contributed by atoms with E-state index in [-0.39, 0.29) is 6.10 Å². The molecule has 0 aliphatic heterocycles. The lowest BCUT2D eigenvalue weighted by Gasteiger charge is -2.16. The van der Waals surface area contributed by atoms with Crippen LogP contribution in [0.2, 0.25) is 0 Å². The second-order valence-corrected chi connectivity index (χ2v) is 6.04. The van der Waals surface area contributed by atoms with E-state index in [1.54, 1.807) is 7.11 Å². The summed E-state index contributed by atoms with van der Waals surface area (Å²) in [6.07, 6.45) is 0.00539. The van der Waals surface area contributed by atoms with Crippen molar-refractivity contribution >= 4 is 0 Å². The molecular formula is C20H24O3. The second kappa shape index (κ2) is 7.26. The van der Waals surface area contributed by atoms with E-state index in [2.05, 4.69) is 50.2 Å². The average molecular weight is 312 g/mol. The summed E-state index contributed by atoms with van der Waals surface area (Å²) in [6, 6.07) is 13.2. The molecule has 3 heteroatoms. The van der Waals surface area contributed by atoms with Gasteiger partial charge in [0.2, 0.25) is 0 Å². The number of methoxy groups -OCH3 is 1. The van der Waals surface area contributed by atoms with Crippen LogP contribution in [0.4, 0.5) is 0 Å². The molecule has 0 heterocycles. The maximum atomic E-state index is 6.18. The minimum atomic E-state index is 0.00539. The highest BCUT2D eigenvalue weighted by atomic mass is 16.5. The molecule has 0 N–H and O–H groups in total. The van der Waals surface area contributed by atoms with Crippen LogP contribution in [0.5, 0.6) is 0 Å². The van der Waals surface area contributed by atoms with Crippen molar-refractivity contribution < 1.29 is 14.2 Å². The first-order chi connectivity index (χ1) is 11.2. The third-order valence-corrected chi connectivity index (χ3v) is 4.21. The first-order valence-corrected chi connectivity index (χ1v) is 8.10. The Kier molecular flexibility index (Phi) is 5.11. The Morgan fingerprint density at radius 2 is 1.35 bits per heavy atom. The highest BCUT2D eigenvalue weighted by Gasteiger charge is 2.29. The molecule has 3 nitrogen and oxygen atoms in total. The van der Waals surface area contributed by atoms with Gasteiger partial charge in [0.25, 0.3) is 0 Å². The topological polar surface area (TPSA) is 27.7 Å². The molecule has 0 spiro atoms. The van der Waals surface area contributed by atoms with Crippen LogP contribution >= 0.6 is 0 Å². The Morgan fingerprint density at radius 1 is 0.783 bits per heavy atom. The zero-order valence-corrected chi connectivity index (χ0v) is 14.1. The van der Waals surface area contributed by atoms with E-state index in [0.717, 1.165) is 0 Å². The minimum absolute atomic E-state index is 0.00539. The molecule has 0 saturated carbocycles. The van der Waals surface area contributed by atoms with Crippen LogP contribution in [0.15, 0.2) is 36.4 Å². The summed E-state index contributed by atoms with van der Waals surface area (Å²) in [6.45, 7) is 6.64. The maximum Gasteiger partial charge on any atom is 0.109 e. The number of ether oxygens (including phenoxy) is 3. The fraction of sp³-hybridized carbons (Fsp3) is 0.400. The summed E-state index contributed by atoms with van der Waals surface area (Å²) in [7, 11) is 1.68. The van der Waals surface area contributed by atoms with Crippen molar-refractivity contribution in [2.24, 2.45) is 0 Å². The molecular weight excluding hydrogens is 288 g/mol. The van der Waals surface area contributed by atoms with Crippen LogP contribution in [0.3, 0.4) is 0 Å². The molecule has 0 fully saturated rings. The zero-order valence-electron chi connectivity index (χ0n) is 14.1. The van der Waals surface area contributed by atoms with E-state index in [9.17, 15) is 0 Å². The molecule has 1 aliphatic carbocycles. The fourth-order valence-electron chi connectivity index (χ4n) is 3.11. The van der Waals surface area contributed by atoms with Crippen molar-refractivity contribution in [3.63, 3.8) is 0 Å². The molecule has 0 amide bonds. The molecule has 0 bridgehead atoms. The average Bonchev–Trinajstić information content (AvgIpc) is 2.83. The van der Waals surface area contributed by atoms with Gasteiger partial charge in [-0.25, -0.2) is 0 Å². The lowest BCUT2D eigenvalue weighted by atomic mass is 10.0. The van der Waals surface area contributed by atoms with Gasteiger partial charge in [-0.15, -0.1) is 0 Å². The van der Waals surface area contributed by atoms with Crippen LogP contribution < -0.4 is 0 Å². The van der Waals surface area contributed by atoms with E-state index < -0.39 is 0 Å². The van der Waals surface area contributed by atoms with Gasteiger partial charge in [-0.3, -0.25) is 0 Å². The number of benzene rings is 2. The number of aryl methyl sites for hydroxylation is 2. The highest BCUT2D eigenvalue weighted by molar-refractivity contribution is 5.78. The van der Waals surface area contributed by atoms with Gasteiger partial charge in [-0.2, -0.15) is 0 Å². The van der Waals surface area contributed by atoms with Gasteiger partial charge in [0.1, 0.15) is 6.10 Å². The molecule has 0 aromatic heterocycles. The van der Waals surface area contributed by atoms with Crippen molar-refractivity contribution in [1.82, 2.24) is 0 Å². The molecule has 0 radical (unpaired) electrons. The van der Waals surface area contributed by atoms with E-state index in [1.165, 1.54) is 33.4 Å². The van der Waals surface area contributed by atoms with E-state index in [0.29, 0.717) is 26.4 Å². The molecule has 0 saturated heterocycles. The van der Waals surface area contributed by atoms with Gasteiger partial charge in [-0.1, -0.05) is 47.5 Å². The SMILES string of the molecule is COCCOCCOC1c2cc(C)ccc2-c2ccc(C)cc21. The highest BCUT2D eigenvalue weighted by Crippen LogP contribution is 2.45. The lowest BCUT2D eigenvalue weighted by molar-refractivity contribution is 0.00635. The Hall–Kier alpha value is -1.68. The third-order valence-electron chi connectivity index (χ3n) is 4.21. The van der Waals surface area contributed by atoms with Gasteiger partial charge in [-0.05, 0) is 36.1 Å². The first kappa shape index (κ1) is 16.2. The van der Waals surface area contributed by atoms with Crippen LogP contribution in [0, 0.1) is 13.8 Å². The third kappa shape index (κ3) is 3.47. The van der Waals surface area contributed by atoms with Crippen molar-refractivity contribution in [3.8, 4) is 11.1 Å². The molecule has 122 valence electrons.